The molecule has 2 fully saturated rings. The first-order chi connectivity index (χ1) is 17.7. The van der Waals surface area contributed by atoms with Gasteiger partial charge in [-0.25, -0.2) is 17.8 Å². The third-order valence-electron chi connectivity index (χ3n) is 6.37. The van der Waals surface area contributed by atoms with Crippen LogP contribution in [-0.4, -0.2) is 48.1 Å². The first kappa shape index (κ1) is 27.6. The van der Waals surface area contributed by atoms with Gasteiger partial charge in [0.05, 0.1) is 20.5 Å². The zero-order valence-corrected chi connectivity index (χ0v) is 22.5. The van der Waals surface area contributed by atoms with E-state index in [0.29, 0.717) is 17.8 Å². The summed E-state index contributed by atoms with van der Waals surface area (Å²) in [5.41, 5.74) is 2.54. The Balaban J connectivity index is 0.00000102. The molecule has 2 aliphatic rings. The molecule has 3 heterocycles. The Morgan fingerprint density at radius 1 is 1.16 bits per heavy atom. The number of nitrogens with zero attached hydrogens (tertiary/aromatic N) is 2. The van der Waals surface area contributed by atoms with Crippen LogP contribution >= 0.6 is 34.5 Å². The highest BCUT2D eigenvalue weighted by atomic mass is 35.5. The van der Waals surface area contributed by atoms with E-state index in [9.17, 15) is 12.8 Å². The van der Waals surface area contributed by atoms with Gasteiger partial charge in [-0.1, -0.05) is 29.3 Å². The van der Waals surface area contributed by atoms with E-state index in [1.165, 1.54) is 29.5 Å². The molecule has 3 atom stereocenters. The molecule has 1 aromatic heterocycles. The number of nitrogens with one attached hydrogen (secondary N) is 1. The molecule has 2 N–H and O–H groups in total. The topological polar surface area (TPSA) is 109 Å². The van der Waals surface area contributed by atoms with Crippen LogP contribution in [0.25, 0.3) is 0 Å². The van der Waals surface area contributed by atoms with E-state index >= 15 is 0 Å². The number of halogens is 3. The lowest BCUT2D eigenvalue weighted by molar-refractivity contribution is -0.122. The summed E-state index contributed by atoms with van der Waals surface area (Å²) in [4.78, 5) is 14.8. The summed E-state index contributed by atoms with van der Waals surface area (Å²) in [7, 11) is -3.79. The van der Waals surface area contributed by atoms with Gasteiger partial charge < -0.3 is 9.84 Å². The van der Waals surface area contributed by atoms with Crippen molar-refractivity contribution in [1.29, 1.82) is 0 Å². The van der Waals surface area contributed by atoms with Gasteiger partial charge in [0, 0.05) is 24.0 Å². The molecule has 8 nitrogen and oxygen atoms in total. The molecule has 2 saturated heterocycles. The number of carboxylic acid groups (broad SMARTS) is 1. The summed E-state index contributed by atoms with van der Waals surface area (Å²) < 4.78 is 47.3. The molecular formula is C24H24Cl2FN3O5S2. The average Bonchev–Trinajstić information content (AvgIpc) is 3.42. The minimum absolute atomic E-state index is 0.0151. The minimum atomic E-state index is -3.79. The molecule has 0 amide bonds. The number of aromatic nitrogens is 1. The molecule has 0 saturated carbocycles. The number of hydrogen-bond donors (Lipinski definition) is 2. The van der Waals surface area contributed by atoms with Crippen LogP contribution in [-0.2, 0) is 21.4 Å². The maximum absolute atomic E-state index is 13.5. The highest BCUT2D eigenvalue weighted by Crippen LogP contribution is 2.39. The summed E-state index contributed by atoms with van der Waals surface area (Å²) in [6.45, 7) is 0.474. The number of benzene rings is 2. The molecule has 13 heteroatoms. The number of piperidine rings is 1. The summed E-state index contributed by atoms with van der Waals surface area (Å²) in [6, 6.07) is 10.1. The molecule has 0 radical (unpaired) electrons. The second-order valence-corrected chi connectivity index (χ2v) is 11.9. The van der Waals surface area contributed by atoms with Crippen LogP contribution in [0.1, 0.15) is 31.2 Å². The molecule has 2 bridgehead atoms. The number of hydrogen-bond acceptors (Lipinski definition) is 7. The van der Waals surface area contributed by atoms with Gasteiger partial charge in [0.15, 0.2) is 5.82 Å². The molecule has 0 unspecified atom stereocenters. The van der Waals surface area contributed by atoms with E-state index in [2.05, 4.69) is 14.6 Å². The lowest BCUT2D eigenvalue weighted by atomic mass is 9.98. The number of thiazole rings is 1. The molecule has 5 rings (SSSR count). The van der Waals surface area contributed by atoms with E-state index in [4.69, 9.17) is 37.8 Å². The first-order valence-electron chi connectivity index (χ1n) is 11.3. The van der Waals surface area contributed by atoms with Crippen LogP contribution in [0.15, 0.2) is 52.2 Å². The van der Waals surface area contributed by atoms with Crippen molar-refractivity contribution in [2.75, 3.05) is 4.72 Å². The van der Waals surface area contributed by atoms with Crippen LogP contribution in [0.3, 0.4) is 0 Å². The van der Waals surface area contributed by atoms with Crippen LogP contribution < -0.4 is 9.46 Å². The molecule has 2 aromatic carbocycles. The van der Waals surface area contributed by atoms with Gasteiger partial charge in [0.1, 0.15) is 17.7 Å². The van der Waals surface area contributed by atoms with Crippen molar-refractivity contribution in [1.82, 2.24) is 9.88 Å². The number of anilines is 1. The Bertz CT molecular complexity index is 1330. The monoisotopic (exact) mass is 587 g/mol. The fraction of sp³-hybridized carbons (Fsp3) is 0.333. The van der Waals surface area contributed by atoms with Crippen molar-refractivity contribution in [2.45, 2.75) is 55.3 Å². The van der Waals surface area contributed by atoms with E-state index in [0.717, 1.165) is 37.8 Å². The smallest absolute Gasteiger partial charge is 0.290 e. The molecular weight excluding hydrogens is 564 g/mol. The fourth-order valence-corrected chi connectivity index (χ4v) is 6.89. The normalized spacial score (nSPS) is 21.1. The Morgan fingerprint density at radius 3 is 2.46 bits per heavy atom. The lowest BCUT2D eigenvalue weighted by Crippen LogP contribution is -2.45. The highest BCUT2D eigenvalue weighted by molar-refractivity contribution is 7.92. The van der Waals surface area contributed by atoms with Crippen molar-refractivity contribution in [2.24, 2.45) is 0 Å². The van der Waals surface area contributed by atoms with Crippen LogP contribution in [0.2, 0.25) is 10.0 Å². The summed E-state index contributed by atoms with van der Waals surface area (Å²) in [5.74, 6) is 0.333. The van der Waals surface area contributed by atoms with Crippen LogP contribution in [0.5, 0.6) is 5.75 Å². The van der Waals surface area contributed by atoms with E-state index in [-0.39, 0.29) is 33.3 Å². The predicted molar refractivity (Wildman–Crippen MR) is 140 cm³/mol. The number of fused-ring (bicyclic) bond motifs is 2. The van der Waals surface area contributed by atoms with Crippen molar-refractivity contribution >= 4 is 56.9 Å². The van der Waals surface area contributed by atoms with Gasteiger partial charge in [-0.05, 0) is 61.6 Å². The standard InChI is InChI=1S/C23H22Cl2FN3O3S2.CH2O2/c24-19-7-14(1-5-21(19)26)11-29-15-2-3-16(29)9-17(8-15)32-22-6-4-18(10-20(22)25)34(30,31)28-23-12-33-13-27-23;2-1-3/h1,4-7,10,12-13,15-17,28H,2-3,8-9,11H2;1H,(H,2,3)/t15-,16+,17+;. The maximum Gasteiger partial charge on any atom is 0.290 e. The number of ether oxygens (including phenoxy) is 1. The molecule has 3 aromatic rings. The van der Waals surface area contributed by atoms with Crippen molar-refractivity contribution < 1.29 is 27.4 Å². The average molecular weight is 589 g/mol. The molecule has 0 aliphatic carbocycles. The molecule has 0 spiro atoms. The summed E-state index contributed by atoms with van der Waals surface area (Å²) >= 11 is 13.7. The number of carbonyl (C=O) groups is 1. The van der Waals surface area contributed by atoms with Gasteiger partial charge in [-0.2, -0.15) is 0 Å². The zero-order valence-electron chi connectivity index (χ0n) is 19.4. The van der Waals surface area contributed by atoms with E-state index in [1.807, 2.05) is 0 Å². The quantitative estimate of drug-likeness (QED) is 0.343. The Labute approximate surface area is 228 Å². The Kier molecular flexibility index (Phi) is 8.91. The maximum atomic E-state index is 13.5. The van der Waals surface area contributed by atoms with Gasteiger partial charge in [0.2, 0.25) is 0 Å². The van der Waals surface area contributed by atoms with Crippen molar-refractivity contribution in [3.63, 3.8) is 0 Å². The SMILES string of the molecule is O=CO.O=S(=O)(Nc1cscn1)c1ccc(O[C@H]2C[C@H]3CC[C@@H](C2)N3Cc2ccc(F)c(Cl)c2)c(Cl)c1. The third-order valence-corrected chi connectivity index (χ3v) is 8.89. The van der Waals surface area contributed by atoms with Crippen LogP contribution in [0.4, 0.5) is 10.2 Å². The zero-order chi connectivity index (χ0) is 26.6. The van der Waals surface area contributed by atoms with Gasteiger partial charge in [-0.15, -0.1) is 11.3 Å². The second-order valence-electron chi connectivity index (χ2n) is 8.69. The largest absolute Gasteiger partial charge is 0.489 e. The van der Waals surface area contributed by atoms with E-state index in [1.54, 1.807) is 29.1 Å². The van der Waals surface area contributed by atoms with Gasteiger partial charge >= 0.3 is 0 Å². The van der Waals surface area contributed by atoms with Gasteiger partial charge in [0.25, 0.3) is 16.5 Å². The van der Waals surface area contributed by atoms with Crippen LogP contribution in [0, 0.1) is 5.82 Å². The molecule has 37 heavy (non-hydrogen) atoms. The lowest BCUT2D eigenvalue weighted by Gasteiger charge is -2.39. The first-order valence-corrected chi connectivity index (χ1v) is 14.5. The predicted octanol–water partition coefficient (Wildman–Crippen LogP) is 5.67. The Morgan fingerprint density at radius 2 is 1.86 bits per heavy atom. The highest BCUT2D eigenvalue weighted by Gasteiger charge is 2.41. The summed E-state index contributed by atoms with van der Waals surface area (Å²) in [5, 5.41) is 8.89. The Hall–Kier alpha value is -2.44. The molecule has 2 aliphatic heterocycles. The molecule has 198 valence electrons. The van der Waals surface area contributed by atoms with E-state index < -0.39 is 15.8 Å². The minimum Gasteiger partial charge on any atom is -0.489 e. The second kappa shape index (κ2) is 12.0. The third kappa shape index (κ3) is 6.71. The van der Waals surface area contributed by atoms with Crippen molar-refractivity contribution in [3.8, 4) is 5.75 Å². The van der Waals surface area contributed by atoms with Crippen molar-refractivity contribution in [3.05, 3.63) is 68.7 Å². The van der Waals surface area contributed by atoms with Gasteiger partial charge in [-0.3, -0.25) is 14.4 Å². The number of rotatable bonds is 7. The summed E-state index contributed by atoms with van der Waals surface area (Å²) in [6.07, 6.45) is 3.82. The number of sulfonamides is 1. The fourth-order valence-electron chi connectivity index (χ4n) is 4.81.